The van der Waals surface area contributed by atoms with Crippen molar-refractivity contribution >= 4 is 27.8 Å². The number of nitrogens with one attached hydrogen (secondary N) is 1. The van der Waals surface area contributed by atoms with E-state index in [-0.39, 0.29) is 17.2 Å². The molecule has 1 aromatic heterocycles. The first kappa shape index (κ1) is 18.4. The van der Waals surface area contributed by atoms with Gasteiger partial charge in [0.05, 0.1) is 5.92 Å². The highest BCUT2D eigenvalue weighted by molar-refractivity contribution is 9.10. The van der Waals surface area contributed by atoms with Crippen molar-refractivity contribution in [1.82, 2.24) is 15.3 Å². The Balaban J connectivity index is 1.38. The number of anilines is 1. The lowest BCUT2D eigenvalue weighted by molar-refractivity contribution is -0.125. The molecule has 2 aromatic rings. The highest BCUT2D eigenvalue weighted by atomic mass is 79.9. The second-order valence-corrected chi connectivity index (χ2v) is 8.61. The number of hydrogen-bond acceptors (Lipinski definition) is 4. The topological polar surface area (TPSA) is 58.1 Å². The molecule has 2 fully saturated rings. The van der Waals surface area contributed by atoms with Crippen molar-refractivity contribution in [3.05, 3.63) is 52.8 Å². The number of piperidine rings is 1. The van der Waals surface area contributed by atoms with Gasteiger partial charge in [-0.3, -0.25) is 4.79 Å². The first-order valence-electron chi connectivity index (χ1n) is 9.72. The monoisotopic (exact) mass is 428 g/mol. The molecule has 0 bridgehead atoms. The fourth-order valence-corrected chi connectivity index (χ4v) is 4.47. The predicted molar refractivity (Wildman–Crippen MR) is 110 cm³/mol. The van der Waals surface area contributed by atoms with Gasteiger partial charge in [-0.05, 0) is 49.4 Å². The standard InChI is InChI=1S/C21H25BrN4O/c22-18-7-5-17(6-8-18)21(9-2-10-21)15-25-19(27)16-4-1-13-26(14-16)20-23-11-3-12-24-20/h3,5-8,11-12,16H,1-2,4,9-10,13-15H2,(H,25,27)/t16-/m1/s1. The highest BCUT2D eigenvalue weighted by Gasteiger charge is 2.39. The van der Waals surface area contributed by atoms with Crippen LogP contribution in [0.15, 0.2) is 47.2 Å². The normalized spacial score (nSPS) is 21.4. The van der Waals surface area contributed by atoms with E-state index in [9.17, 15) is 4.79 Å². The van der Waals surface area contributed by atoms with Crippen molar-refractivity contribution in [3.8, 4) is 0 Å². The van der Waals surface area contributed by atoms with Gasteiger partial charge in [-0.1, -0.05) is 34.5 Å². The quantitative estimate of drug-likeness (QED) is 0.788. The molecular formula is C21H25BrN4O. The van der Waals surface area contributed by atoms with E-state index in [2.05, 4.69) is 60.4 Å². The number of carbonyl (C=O) groups is 1. The van der Waals surface area contributed by atoms with Gasteiger partial charge in [0.1, 0.15) is 0 Å². The molecule has 1 aliphatic heterocycles. The minimum absolute atomic E-state index is 0.00426. The zero-order valence-electron chi connectivity index (χ0n) is 15.4. The van der Waals surface area contributed by atoms with Crippen LogP contribution >= 0.6 is 15.9 Å². The molecule has 1 atom stereocenters. The average Bonchev–Trinajstić information content (AvgIpc) is 2.69. The van der Waals surface area contributed by atoms with Crippen molar-refractivity contribution in [2.45, 2.75) is 37.5 Å². The molecule has 0 radical (unpaired) electrons. The molecule has 0 spiro atoms. The summed E-state index contributed by atoms with van der Waals surface area (Å²) in [6.07, 6.45) is 8.95. The minimum atomic E-state index is 0.00426. The molecule has 4 rings (SSSR count). The van der Waals surface area contributed by atoms with Gasteiger partial charge >= 0.3 is 0 Å². The molecule has 1 aromatic carbocycles. The lowest BCUT2D eigenvalue weighted by atomic mass is 9.64. The van der Waals surface area contributed by atoms with E-state index in [1.165, 1.54) is 12.0 Å². The number of carbonyl (C=O) groups excluding carboxylic acids is 1. The highest BCUT2D eigenvalue weighted by Crippen LogP contribution is 2.43. The third-order valence-electron chi connectivity index (χ3n) is 6.00. The molecule has 27 heavy (non-hydrogen) atoms. The van der Waals surface area contributed by atoms with Crippen LogP contribution in [0.5, 0.6) is 0 Å². The van der Waals surface area contributed by atoms with Crippen molar-refractivity contribution in [3.63, 3.8) is 0 Å². The van der Waals surface area contributed by atoms with Crippen LogP contribution in [0.4, 0.5) is 5.95 Å². The molecule has 0 unspecified atom stereocenters. The fourth-order valence-electron chi connectivity index (χ4n) is 4.20. The molecule has 6 heteroatoms. The molecule has 1 amide bonds. The second-order valence-electron chi connectivity index (χ2n) is 7.69. The van der Waals surface area contributed by atoms with E-state index < -0.39 is 0 Å². The molecule has 2 aliphatic rings. The number of benzene rings is 1. The molecule has 5 nitrogen and oxygen atoms in total. The summed E-state index contributed by atoms with van der Waals surface area (Å²) in [7, 11) is 0. The van der Waals surface area contributed by atoms with Gasteiger partial charge in [0.2, 0.25) is 11.9 Å². The van der Waals surface area contributed by atoms with Crippen molar-refractivity contribution in [1.29, 1.82) is 0 Å². The number of amides is 1. The SMILES string of the molecule is O=C(NCC1(c2ccc(Br)cc2)CCC1)[C@@H]1CCCN(c2ncccn2)C1. The summed E-state index contributed by atoms with van der Waals surface area (Å²) in [6.45, 7) is 2.34. The van der Waals surface area contributed by atoms with Crippen LogP contribution in [0.3, 0.4) is 0 Å². The van der Waals surface area contributed by atoms with E-state index in [4.69, 9.17) is 0 Å². The molecule has 142 valence electrons. The summed E-state index contributed by atoms with van der Waals surface area (Å²) < 4.78 is 1.09. The Morgan fingerprint density at radius 3 is 2.59 bits per heavy atom. The Morgan fingerprint density at radius 1 is 1.19 bits per heavy atom. The van der Waals surface area contributed by atoms with Crippen LogP contribution < -0.4 is 10.2 Å². The van der Waals surface area contributed by atoms with Crippen molar-refractivity contribution in [2.24, 2.45) is 5.92 Å². The Morgan fingerprint density at radius 2 is 1.93 bits per heavy atom. The van der Waals surface area contributed by atoms with Gasteiger partial charge in [-0.25, -0.2) is 9.97 Å². The molecule has 1 saturated carbocycles. The third-order valence-corrected chi connectivity index (χ3v) is 6.52. The Kier molecular flexibility index (Phi) is 5.43. The van der Waals surface area contributed by atoms with E-state index in [0.29, 0.717) is 6.54 Å². The van der Waals surface area contributed by atoms with Crippen molar-refractivity contribution < 1.29 is 4.79 Å². The van der Waals surface area contributed by atoms with Crippen LogP contribution in [-0.4, -0.2) is 35.5 Å². The van der Waals surface area contributed by atoms with Crippen LogP contribution in [0.2, 0.25) is 0 Å². The Labute approximate surface area is 168 Å². The molecule has 2 heterocycles. The average molecular weight is 429 g/mol. The van der Waals surface area contributed by atoms with Gasteiger partial charge < -0.3 is 10.2 Å². The zero-order chi connectivity index (χ0) is 18.7. The van der Waals surface area contributed by atoms with Crippen LogP contribution in [0.25, 0.3) is 0 Å². The molecule has 1 aliphatic carbocycles. The fraction of sp³-hybridized carbons (Fsp3) is 0.476. The number of rotatable bonds is 5. The summed E-state index contributed by atoms with van der Waals surface area (Å²) in [4.78, 5) is 23.6. The maximum Gasteiger partial charge on any atom is 0.225 e. The van der Waals surface area contributed by atoms with Gasteiger partial charge in [-0.2, -0.15) is 0 Å². The van der Waals surface area contributed by atoms with E-state index >= 15 is 0 Å². The number of nitrogens with zero attached hydrogens (tertiary/aromatic N) is 3. The molecular weight excluding hydrogens is 404 g/mol. The molecule has 1 N–H and O–H groups in total. The second kappa shape index (κ2) is 7.97. The zero-order valence-corrected chi connectivity index (χ0v) is 17.0. The van der Waals surface area contributed by atoms with Crippen molar-refractivity contribution in [2.75, 3.05) is 24.5 Å². The summed E-state index contributed by atoms with van der Waals surface area (Å²) in [5.41, 5.74) is 1.44. The minimum Gasteiger partial charge on any atom is -0.355 e. The van der Waals surface area contributed by atoms with E-state index in [0.717, 1.165) is 49.2 Å². The predicted octanol–water partition coefficient (Wildman–Crippen LogP) is 3.69. The van der Waals surface area contributed by atoms with Gasteiger partial charge in [-0.15, -0.1) is 0 Å². The van der Waals surface area contributed by atoms with Gasteiger partial charge in [0.15, 0.2) is 0 Å². The smallest absolute Gasteiger partial charge is 0.225 e. The first-order valence-corrected chi connectivity index (χ1v) is 10.5. The van der Waals surface area contributed by atoms with E-state index in [1.54, 1.807) is 12.4 Å². The van der Waals surface area contributed by atoms with Crippen LogP contribution in [-0.2, 0) is 10.2 Å². The first-order chi connectivity index (χ1) is 13.2. The largest absolute Gasteiger partial charge is 0.355 e. The third kappa shape index (κ3) is 4.00. The lowest BCUT2D eigenvalue weighted by Gasteiger charge is -2.43. The number of hydrogen-bond donors (Lipinski definition) is 1. The van der Waals surface area contributed by atoms with Gasteiger partial charge in [0, 0.05) is 41.9 Å². The molecule has 1 saturated heterocycles. The Bertz CT molecular complexity index is 777. The maximum absolute atomic E-state index is 12.9. The summed E-state index contributed by atoms with van der Waals surface area (Å²) in [5, 5.41) is 3.26. The summed E-state index contributed by atoms with van der Waals surface area (Å²) in [5.74, 6) is 0.893. The summed E-state index contributed by atoms with van der Waals surface area (Å²) in [6, 6.07) is 10.4. The lowest BCUT2D eigenvalue weighted by Crippen LogP contribution is -2.49. The number of aromatic nitrogens is 2. The maximum atomic E-state index is 12.9. The van der Waals surface area contributed by atoms with Crippen LogP contribution in [0.1, 0.15) is 37.7 Å². The van der Waals surface area contributed by atoms with E-state index in [1.807, 2.05) is 6.07 Å². The number of halogens is 1. The van der Waals surface area contributed by atoms with Crippen LogP contribution in [0, 0.1) is 5.92 Å². The Hall–Kier alpha value is -1.95. The van der Waals surface area contributed by atoms with Gasteiger partial charge in [0.25, 0.3) is 0 Å². The summed E-state index contributed by atoms with van der Waals surface area (Å²) >= 11 is 3.51.